The van der Waals surface area contributed by atoms with E-state index in [2.05, 4.69) is 73.1 Å². The van der Waals surface area contributed by atoms with Crippen molar-refractivity contribution in [2.24, 2.45) is 5.41 Å². The Morgan fingerprint density at radius 2 is 1.83 bits per heavy atom. The van der Waals surface area contributed by atoms with Gasteiger partial charge in [0.2, 0.25) is 0 Å². The number of ketones is 1. The van der Waals surface area contributed by atoms with Crippen molar-refractivity contribution in [3.63, 3.8) is 0 Å². The maximum Gasteiger partial charge on any atom is 0.337 e. The lowest BCUT2D eigenvalue weighted by Gasteiger charge is -2.39. The summed E-state index contributed by atoms with van der Waals surface area (Å²) in [5, 5.41) is 5.76. The number of aromatic nitrogens is 1. The smallest absolute Gasteiger partial charge is 0.337 e. The molecule has 5 heteroatoms. The highest BCUT2D eigenvalue weighted by Crippen LogP contribution is 2.47. The summed E-state index contributed by atoms with van der Waals surface area (Å²) in [6, 6.07) is 14.8. The summed E-state index contributed by atoms with van der Waals surface area (Å²) in [5.41, 5.74) is 6.15. The number of ether oxygens (including phenoxy) is 1. The highest BCUT2D eigenvalue weighted by Gasteiger charge is 2.43. The number of hydrogen-bond acceptors (Lipinski definition) is 4. The molecule has 2 heterocycles. The van der Waals surface area contributed by atoms with Gasteiger partial charge in [0.1, 0.15) is 0 Å². The van der Waals surface area contributed by atoms with Crippen LogP contribution in [0.25, 0.3) is 21.8 Å². The monoisotopic (exact) mass is 484 g/mol. The van der Waals surface area contributed by atoms with Crippen LogP contribution < -0.4 is 5.32 Å². The number of nitrogens with zero attached hydrogens (tertiary/aromatic N) is 1. The lowest BCUT2D eigenvalue weighted by atomic mass is 9.68. The Morgan fingerprint density at radius 1 is 1.11 bits per heavy atom. The Balaban J connectivity index is 1.73. The lowest BCUT2D eigenvalue weighted by Crippen LogP contribution is -2.39. The highest BCUT2D eigenvalue weighted by molar-refractivity contribution is 6.09. The predicted octanol–water partition coefficient (Wildman–Crippen LogP) is 6.76. The van der Waals surface area contributed by atoms with Crippen LogP contribution in [0.15, 0.2) is 65.0 Å². The van der Waals surface area contributed by atoms with E-state index >= 15 is 0 Å². The van der Waals surface area contributed by atoms with Crippen molar-refractivity contribution in [1.82, 2.24) is 9.88 Å². The molecule has 0 radical (unpaired) electrons. The molecule has 188 valence electrons. The van der Waals surface area contributed by atoms with Crippen LogP contribution in [-0.4, -0.2) is 22.4 Å². The molecule has 0 fully saturated rings. The second kappa shape index (κ2) is 8.95. The number of rotatable bonds is 5. The fourth-order valence-electron chi connectivity index (χ4n) is 5.96. The van der Waals surface area contributed by atoms with Crippen molar-refractivity contribution in [3.05, 3.63) is 70.6 Å². The SMILES string of the molecule is CC[C@@H](C)OC(=O)C1=C(C)NC2=C(C(=O)CC(C)(C)C2)[C@@H]1c1ccc2c(c1)c1ccccc1n2CC. The van der Waals surface area contributed by atoms with Crippen LogP contribution in [-0.2, 0) is 20.9 Å². The van der Waals surface area contributed by atoms with E-state index in [-0.39, 0.29) is 23.3 Å². The number of allylic oxidation sites excluding steroid dienone is 3. The van der Waals surface area contributed by atoms with Gasteiger partial charge >= 0.3 is 5.97 Å². The quantitative estimate of drug-likeness (QED) is 0.407. The first-order chi connectivity index (χ1) is 17.1. The molecule has 2 aliphatic rings. The third kappa shape index (κ3) is 3.95. The van der Waals surface area contributed by atoms with Crippen LogP contribution in [0.4, 0.5) is 0 Å². The fourth-order valence-corrected chi connectivity index (χ4v) is 5.96. The average Bonchev–Trinajstić information content (AvgIpc) is 3.15. The second-order valence-corrected chi connectivity index (χ2v) is 11.1. The molecule has 0 spiro atoms. The molecule has 0 saturated heterocycles. The second-order valence-electron chi connectivity index (χ2n) is 11.1. The van der Waals surface area contributed by atoms with E-state index in [0.29, 0.717) is 12.0 Å². The summed E-state index contributed by atoms with van der Waals surface area (Å²) in [5.74, 6) is -0.690. The molecule has 1 aliphatic heterocycles. The molecule has 0 amide bonds. The van der Waals surface area contributed by atoms with E-state index in [1.54, 1.807) is 0 Å². The van der Waals surface area contributed by atoms with E-state index in [9.17, 15) is 9.59 Å². The van der Waals surface area contributed by atoms with Gasteiger partial charge in [0.25, 0.3) is 0 Å². The van der Waals surface area contributed by atoms with E-state index in [0.717, 1.165) is 52.8 Å². The molecule has 3 aromatic rings. The van der Waals surface area contributed by atoms with E-state index in [1.807, 2.05) is 20.8 Å². The first kappa shape index (κ1) is 24.4. The van der Waals surface area contributed by atoms with Gasteiger partial charge in [0.15, 0.2) is 5.78 Å². The van der Waals surface area contributed by atoms with Gasteiger partial charge in [-0.05, 0) is 62.8 Å². The minimum absolute atomic E-state index is 0.108. The maximum absolute atomic E-state index is 13.6. The minimum Gasteiger partial charge on any atom is -0.459 e. The number of carbonyl (C=O) groups is 2. The molecule has 0 bridgehead atoms. The molecular weight excluding hydrogens is 448 g/mol. The zero-order valence-corrected chi connectivity index (χ0v) is 22.2. The number of hydrogen-bond donors (Lipinski definition) is 1. The lowest BCUT2D eigenvalue weighted by molar-refractivity contribution is -0.144. The zero-order chi connectivity index (χ0) is 25.8. The van der Waals surface area contributed by atoms with Gasteiger partial charge in [-0.2, -0.15) is 0 Å². The van der Waals surface area contributed by atoms with Gasteiger partial charge < -0.3 is 14.6 Å². The van der Waals surface area contributed by atoms with E-state index in [4.69, 9.17) is 4.74 Å². The molecule has 1 aliphatic carbocycles. The Labute approximate surface area is 213 Å². The Morgan fingerprint density at radius 3 is 2.56 bits per heavy atom. The first-order valence-corrected chi connectivity index (χ1v) is 13.1. The molecule has 5 rings (SSSR count). The van der Waals surface area contributed by atoms with Crippen LogP contribution in [0, 0.1) is 5.41 Å². The van der Waals surface area contributed by atoms with Gasteiger partial charge in [0, 0.05) is 57.7 Å². The molecule has 36 heavy (non-hydrogen) atoms. The third-order valence-electron chi connectivity index (χ3n) is 7.79. The number of para-hydroxylation sites is 1. The van der Waals surface area contributed by atoms with E-state index in [1.165, 1.54) is 10.9 Å². The standard InChI is InChI=1S/C31H36N2O3/c1-7-18(3)36-30(35)27-19(4)32-23-16-31(5,6)17-26(34)29(23)28(27)20-13-14-25-22(15-20)21-11-9-10-12-24(21)33(25)8-2/h9-15,18,28,32H,7-8,16-17H2,1-6H3/t18-,28-/m1/s1. The van der Waals surface area contributed by atoms with Crippen LogP contribution in [0.5, 0.6) is 0 Å². The van der Waals surface area contributed by atoms with Gasteiger partial charge in [0.05, 0.1) is 11.7 Å². The minimum atomic E-state index is -0.449. The van der Waals surface area contributed by atoms with E-state index < -0.39 is 5.92 Å². The van der Waals surface area contributed by atoms with Crippen molar-refractivity contribution in [1.29, 1.82) is 0 Å². The molecule has 1 aromatic heterocycles. The third-order valence-corrected chi connectivity index (χ3v) is 7.79. The average molecular weight is 485 g/mol. The number of aryl methyl sites for hydroxylation is 1. The molecule has 1 N–H and O–H groups in total. The number of carbonyl (C=O) groups excluding carboxylic acids is 2. The number of fused-ring (bicyclic) bond motifs is 3. The first-order valence-electron chi connectivity index (χ1n) is 13.1. The number of dihydropyridines is 1. The fraction of sp³-hybridized carbons (Fsp3) is 0.419. The molecule has 5 nitrogen and oxygen atoms in total. The van der Waals surface area contributed by atoms with Gasteiger partial charge in [-0.1, -0.05) is 45.0 Å². The van der Waals surface area contributed by atoms with Crippen molar-refractivity contribution in [2.75, 3.05) is 0 Å². The number of esters is 1. The Kier molecular flexibility index (Phi) is 6.06. The zero-order valence-electron chi connectivity index (χ0n) is 22.2. The molecular formula is C31H36N2O3. The van der Waals surface area contributed by atoms with Crippen LogP contribution in [0.3, 0.4) is 0 Å². The summed E-state index contributed by atoms with van der Waals surface area (Å²) >= 11 is 0. The van der Waals surface area contributed by atoms with Crippen LogP contribution >= 0.6 is 0 Å². The van der Waals surface area contributed by atoms with Crippen molar-refractivity contribution in [3.8, 4) is 0 Å². The van der Waals surface area contributed by atoms with Gasteiger partial charge in [-0.3, -0.25) is 4.79 Å². The molecule has 0 unspecified atom stereocenters. The topological polar surface area (TPSA) is 60.3 Å². The number of Topliss-reactive ketones (excluding diaryl/α,β-unsaturated/α-hetero) is 1. The Bertz CT molecular complexity index is 1450. The largest absolute Gasteiger partial charge is 0.459 e. The highest BCUT2D eigenvalue weighted by atomic mass is 16.5. The van der Waals surface area contributed by atoms with Gasteiger partial charge in [-0.25, -0.2) is 4.79 Å². The summed E-state index contributed by atoms with van der Waals surface area (Å²) in [4.78, 5) is 27.2. The van der Waals surface area contributed by atoms with Crippen LogP contribution in [0.2, 0.25) is 0 Å². The number of benzene rings is 2. The summed E-state index contributed by atoms with van der Waals surface area (Å²) in [7, 11) is 0. The van der Waals surface area contributed by atoms with Crippen molar-refractivity contribution >= 4 is 33.6 Å². The molecule has 0 saturated carbocycles. The maximum atomic E-state index is 13.6. The van der Waals surface area contributed by atoms with Crippen molar-refractivity contribution < 1.29 is 14.3 Å². The van der Waals surface area contributed by atoms with Crippen LogP contribution in [0.1, 0.15) is 72.3 Å². The number of nitrogens with one attached hydrogen (secondary N) is 1. The summed E-state index contributed by atoms with van der Waals surface area (Å²) < 4.78 is 8.14. The normalized spacial score (nSPS) is 20.5. The summed E-state index contributed by atoms with van der Waals surface area (Å²) in [6.45, 7) is 13.1. The van der Waals surface area contributed by atoms with Gasteiger partial charge in [-0.15, -0.1) is 0 Å². The summed E-state index contributed by atoms with van der Waals surface area (Å²) in [6.07, 6.45) is 1.78. The predicted molar refractivity (Wildman–Crippen MR) is 145 cm³/mol. The molecule has 2 aromatic carbocycles. The molecule has 2 atom stereocenters. The Hall–Kier alpha value is -3.34. The van der Waals surface area contributed by atoms with Crippen molar-refractivity contribution in [2.45, 2.75) is 79.4 Å².